The number of carbonyl (C=O) groups is 2. The van der Waals surface area contributed by atoms with E-state index >= 15 is 0 Å². The zero-order valence-corrected chi connectivity index (χ0v) is 12.7. The van der Waals surface area contributed by atoms with Crippen LogP contribution in [-0.4, -0.2) is 41.4 Å². The fourth-order valence-corrected chi connectivity index (χ4v) is 1.93. The minimum Gasteiger partial charge on any atom is -0.368 e. The molecule has 0 saturated carbocycles. The van der Waals surface area contributed by atoms with Gasteiger partial charge in [0.15, 0.2) is 0 Å². The summed E-state index contributed by atoms with van der Waals surface area (Å²) >= 11 is 3.28. The molecule has 0 aromatic carbocycles. The van der Waals surface area contributed by atoms with Gasteiger partial charge in [0.25, 0.3) is 0 Å². The van der Waals surface area contributed by atoms with Crippen molar-refractivity contribution in [1.82, 2.24) is 9.97 Å². The summed E-state index contributed by atoms with van der Waals surface area (Å²) in [5, 5.41) is 3.02. The van der Waals surface area contributed by atoms with Crippen molar-refractivity contribution in [2.45, 2.75) is 13.3 Å². The summed E-state index contributed by atoms with van der Waals surface area (Å²) < 4.78 is 0.544. The second-order valence-corrected chi connectivity index (χ2v) is 4.93. The molecular weight excluding hydrogens is 328 g/mol. The van der Waals surface area contributed by atoms with Crippen LogP contribution in [0.25, 0.3) is 0 Å². The van der Waals surface area contributed by atoms with E-state index in [2.05, 4.69) is 31.2 Å². The van der Waals surface area contributed by atoms with Gasteiger partial charge >= 0.3 is 0 Å². The van der Waals surface area contributed by atoms with Gasteiger partial charge in [0, 0.05) is 12.7 Å². The van der Waals surface area contributed by atoms with Crippen molar-refractivity contribution in [2.24, 2.45) is 11.5 Å². The van der Waals surface area contributed by atoms with E-state index in [1.54, 1.807) is 0 Å². The molecule has 1 aromatic heterocycles. The van der Waals surface area contributed by atoms with Crippen molar-refractivity contribution in [3.05, 3.63) is 10.7 Å². The molecule has 0 spiro atoms. The van der Waals surface area contributed by atoms with Crippen LogP contribution in [0.4, 0.5) is 11.8 Å². The Kier molecular flexibility index (Phi) is 6.16. The predicted octanol–water partition coefficient (Wildman–Crippen LogP) is -0.162. The van der Waals surface area contributed by atoms with Crippen molar-refractivity contribution in [3.63, 3.8) is 0 Å². The molecule has 110 valence electrons. The lowest BCUT2D eigenvalue weighted by atomic mass is 10.4. The molecule has 5 N–H and O–H groups in total. The molecule has 0 aliphatic carbocycles. The van der Waals surface area contributed by atoms with E-state index in [0.29, 0.717) is 22.8 Å². The van der Waals surface area contributed by atoms with Crippen molar-refractivity contribution in [1.29, 1.82) is 0 Å². The standard InChI is InChI=1S/C11H17BrN6O2/c1-2-3-15-11-16-4-7(12)10(17-11)18(5-8(13)19)6-9(14)20/h4H,2-3,5-6H2,1H3,(H2,13,19)(H2,14,20)(H,15,16,17). The minimum absolute atomic E-state index is 0.161. The van der Waals surface area contributed by atoms with E-state index in [-0.39, 0.29) is 13.1 Å². The first kappa shape index (κ1) is 16.2. The van der Waals surface area contributed by atoms with Crippen LogP contribution < -0.4 is 21.7 Å². The maximum absolute atomic E-state index is 11.1. The fourth-order valence-electron chi connectivity index (χ4n) is 1.48. The lowest BCUT2D eigenvalue weighted by molar-refractivity contribution is -0.117. The third kappa shape index (κ3) is 5.00. The van der Waals surface area contributed by atoms with Gasteiger partial charge in [0.1, 0.15) is 5.82 Å². The first-order valence-electron chi connectivity index (χ1n) is 6.02. The maximum atomic E-state index is 11.1. The van der Waals surface area contributed by atoms with E-state index in [4.69, 9.17) is 11.5 Å². The number of hydrogen-bond donors (Lipinski definition) is 3. The van der Waals surface area contributed by atoms with Gasteiger partial charge in [0.2, 0.25) is 17.8 Å². The number of halogens is 1. The van der Waals surface area contributed by atoms with Crippen LogP contribution in [-0.2, 0) is 9.59 Å². The molecule has 9 heteroatoms. The maximum Gasteiger partial charge on any atom is 0.237 e. The molecule has 8 nitrogen and oxygen atoms in total. The zero-order valence-electron chi connectivity index (χ0n) is 11.1. The molecule has 0 unspecified atom stereocenters. The van der Waals surface area contributed by atoms with Gasteiger partial charge in [-0.3, -0.25) is 9.59 Å². The lowest BCUT2D eigenvalue weighted by Gasteiger charge is -2.22. The largest absolute Gasteiger partial charge is 0.368 e. The first-order valence-corrected chi connectivity index (χ1v) is 6.81. The summed E-state index contributed by atoms with van der Waals surface area (Å²) in [5.74, 6) is -0.375. The Morgan fingerprint density at radius 2 is 1.95 bits per heavy atom. The topological polar surface area (TPSA) is 127 Å². The zero-order chi connectivity index (χ0) is 15.1. The summed E-state index contributed by atoms with van der Waals surface area (Å²) in [4.78, 5) is 31.9. The molecule has 0 aliphatic heterocycles. The highest BCUT2D eigenvalue weighted by atomic mass is 79.9. The summed E-state index contributed by atoms with van der Waals surface area (Å²) in [6.07, 6.45) is 2.45. The molecule has 0 fully saturated rings. The van der Waals surface area contributed by atoms with Gasteiger partial charge in [-0.25, -0.2) is 4.98 Å². The second kappa shape index (κ2) is 7.63. The average Bonchev–Trinajstić information content (AvgIpc) is 2.36. The normalized spacial score (nSPS) is 10.1. The first-order chi connectivity index (χ1) is 9.43. The Balaban J connectivity index is 3.03. The molecule has 1 heterocycles. The molecule has 0 radical (unpaired) electrons. The predicted molar refractivity (Wildman–Crippen MR) is 79.1 cm³/mol. The Hall–Kier alpha value is -1.90. The minimum atomic E-state index is -0.583. The highest BCUT2D eigenvalue weighted by Crippen LogP contribution is 2.24. The van der Waals surface area contributed by atoms with E-state index < -0.39 is 11.8 Å². The molecule has 1 aromatic rings. The van der Waals surface area contributed by atoms with Gasteiger partial charge in [-0.1, -0.05) is 6.92 Å². The van der Waals surface area contributed by atoms with Crippen molar-refractivity contribution < 1.29 is 9.59 Å². The van der Waals surface area contributed by atoms with Crippen molar-refractivity contribution in [2.75, 3.05) is 29.9 Å². The molecular formula is C11H17BrN6O2. The van der Waals surface area contributed by atoms with Crippen molar-refractivity contribution in [3.8, 4) is 0 Å². The highest BCUT2D eigenvalue weighted by Gasteiger charge is 2.17. The molecule has 0 aliphatic rings. The van der Waals surface area contributed by atoms with E-state index in [1.807, 2.05) is 6.92 Å². The van der Waals surface area contributed by atoms with Gasteiger partial charge in [-0.2, -0.15) is 4.98 Å². The number of aromatic nitrogens is 2. The number of anilines is 2. The SMILES string of the molecule is CCCNc1ncc(Br)c(N(CC(N)=O)CC(N)=O)n1. The van der Waals surface area contributed by atoms with Crippen LogP contribution in [0.5, 0.6) is 0 Å². The molecule has 2 amide bonds. The summed E-state index contributed by atoms with van der Waals surface area (Å²) in [7, 11) is 0. The number of rotatable bonds is 8. The van der Waals surface area contributed by atoms with Crippen molar-refractivity contribution >= 4 is 39.5 Å². The lowest BCUT2D eigenvalue weighted by Crippen LogP contribution is -2.40. The van der Waals surface area contributed by atoms with E-state index in [9.17, 15) is 9.59 Å². The Morgan fingerprint density at radius 3 is 2.45 bits per heavy atom. The molecule has 0 atom stereocenters. The average molecular weight is 345 g/mol. The van der Waals surface area contributed by atoms with Gasteiger partial charge in [-0.05, 0) is 22.4 Å². The Labute approximate surface area is 125 Å². The smallest absolute Gasteiger partial charge is 0.237 e. The van der Waals surface area contributed by atoms with Crippen LogP contribution >= 0.6 is 15.9 Å². The Bertz CT molecular complexity index is 480. The third-order valence-corrected chi connectivity index (χ3v) is 2.81. The van der Waals surface area contributed by atoms with Crippen LogP contribution in [0.3, 0.4) is 0 Å². The number of primary amides is 2. The second-order valence-electron chi connectivity index (χ2n) is 4.08. The molecule has 0 bridgehead atoms. The third-order valence-electron chi connectivity index (χ3n) is 2.25. The molecule has 1 rings (SSSR count). The summed E-state index contributed by atoms with van der Waals surface area (Å²) in [5.41, 5.74) is 10.3. The summed E-state index contributed by atoms with van der Waals surface area (Å²) in [6, 6.07) is 0. The number of nitrogens with two attached hydrogens (primary N) is 2. The van der Waals surface area contributed by atoms with E-state index in [0.717, 1.165) is 6.42 Å². The number of carbonyl (C=O) groups excluding carboxylic acids is 2. The number of amides is 2. The molecule has 20 heavy (non-hydrogen) atoms. The van der Waals surface area contributed by atoms with Gasteiger partial charge < -0.3 is 21.7 Å². The number of nitrogens with one attached hydrogen (secondary N) is 1. The number of hydrogen-bond acceptors (Lipinski definition) is 6. The summed E-state index contributed by atoms with van der Waals surface area (Å²) in [6.45, 7) is 2.41. The fraction of sp³-hybridized carbons (Fsp3) is 0.455. The monoisotopic (exact) mass is 344 g/mol. The quantitative estimate of drug-likeness (QED) is 0.601. The van der Waals surface area contributed by atoms with Gasteiger partial charge in [0.05, 0.1) is 17.6 Å². The van der Waals surface area contributed by atoms with Crippen LogP contribution in [0.1, 0.15) is 13.3 Å². The van der Waals surface area contributed by atoms with Crippen LogP contribution in [0.15, 0.2) is 10.7 Å². The van der Waals surface area contributed by atoms with Crippen LogP contribution in [0, 0.1) is 0 Å². The highest BCUT2D eigenvalue weighted by molar-refractivity contribution is 9.10. The van der Waals surface area contributed by atoms with E-state index in [1.165, 1.54) is 11.1 Å². The van der Waals surface area contributed by atoms with Crippen LogP contribution in [0.2, 0.25) is 0 Å². The Morgan fingerprint density at radius 1 is 1.35 bits per heavy atom. The number of nitrogens with zero attached hydrogens (tertiary/aromatic N) is 3. The molecule has 0 saturated heterocycles. The van der Waals surface area contributed by atoms with Gasteiger partial charge in [-0.15, -0.1) is 0 Å².